The Bertz CT molecular complexity index is 443. The standard InChI is InChI=1S/C15H21NO3/c1-15(2)18-13-9-16-12(14(13)19-15)8-10-4-6-11(17-3)7-5-10/h4-7,12-14,16H,8-9H2,1-3H3/t12-,13-,14+/m1/s1. The van der Waals surface area contributed by atoms with Gasteiger partial charge in [-0.1, -0.05) is 12.1 Å². The van der Waals surface area contributed by atoms with Crippen LogP contribution < -0.4 is 10.1 Å². The van der Waals surface area contributed by atoms with Gasteiger partial charge in [0.2, 0.25) is 0 Å². The molecule has 0 saturated carbocycles. The molecule has 3 rings (SSSR count). The van der Waals surface area contributed by atoms with Crippen molar-refractivity contribution in [1.29, 1.82) is 0 Å². The third-order valence-corrected chi connectivity index (χ3v) is 3.81. The van der Waals surface area contributed by atoms with E-state index in [4.69, 9.17) is 14.2 Å². The maximum Gasteiger partial charge on any atom is 0.163 e. The van der Waals surface area contributed by atoms with Gasteiger partial charge in [0.1, 0.15) is 18.0 Å². The first kappa shape index (κ1) is 12.9. The molecule has 2 saturated heterocycles. The van der Waals surface area contributed by atoms with E-state index < -0.39 is 5.79 Å². The van der Waals surface area contributed by atoms with E-state index in [9.17, 15) is 0 Å². The normalized spacial score (nSPS) is 32.3. The number of nitrogens with one attached hydrogen (secondary N) is 1. The molecule has 19 heavy (non-hydrogen) atoms. The molecular formula is C15H21NO3. The molecule has 104 valence electrons. The lowest BCUT2D eigenvalue weighted by atomic mass is 10.0. The molecule has 2 fully saturated rings. The van der Waals surface area contributed by atoms with Gasteiger partial charge in [-0.05, 0) is 38.0 Å². The monoisotopic (exact) mass is 263 g/mol. The van der Waals surface area contributed by atoms with Gasteiger partial charge in [-0.3, -0.25) is 0 Å². The quantitative estimate of drug-likeness (QED) is 0.901. The molecule has 1 aromatic carbocycles. The second-order valence-electron chi connectivity index (χ2n) is 5.71. The Morgan fingerprint density at radius 1 is 1.26 bits per heavy atom. The van der Waals surface area contributed by atoms with Crippen LogP contribution in [-0.4, -0.2) is 37.7 Å². The van der Waals surface area contributed by atoms with E-state index in [0.717, 1.165) is 18.7 Å². The predicted octanol–water partition coefficient (Wildman–Crippen LogP) is 1.73. The predicted molar refractivity (Wildman–Crippen MR) is 72.3 cm³/mol. The van der Waals surface area contributed by atoms with Gasteiger partial charge in [-0.25, -0.2) is 0 Å². The van der Waals surface area contributed by atoms with E-state index in [0.29, 0.717) is 6.04 Å². The molecule has 1 N–H and O–H groups in total. The second kappa shape index (κ2) is 4.78. The second-order valence-corrected chi connectivity index (χ2v) is 5.71. The van der Waals surface area contributed by atoms with E-state index in [1.165, 1.54) is 5.56 Å². The summed E-state index contributed by atoms with van der Waals surface area (Å²) in [4.78, 5) is 0. The Labute approximate surface area is 114 Å². The first-order valence-corrected chi connectivity index (χ1v) is 6.79. The van der Waals surface area contributed by atoms with Crippen LogP contribution in [0.15, 0.2) is 24.3 Å². The highest BCUT2D eigenvalue weighted by Gasteiger charge is 2.48. The third kappa shape index (κ3) is 2.61. The van der Waals surface area contributed by atoms with Crippen LogP contribution >= 0.6 is 0 Å². The number of rotatable bonds is 3. The molecule has 2 aliphatic rings. The maximum atomic E-state index is 5.99. The topological polar surface area (TPSA) is 39.7 Å². The summed E-state index contributed by atoms with van der Waals surface area (Å²) in [7, 11) is 1.68. The molecule has 0 radical (unpaired) electrons. The maximum absolute atomic E-state index is 5.99. The summed E-state index contributed by atoms with van der Waals surface area (Å²) in [6.07, 6.45) is 1.28. The zero-order valence-corrected chi connectivity index (χ0v) is 11.7. The van der Waals surface area contributed by atoms with Gasteiger partial charge in [0, 0.05) is 12.6 Å². The van der Waals surface area contributed by atoms with Crippen LogP contribution in [0, 0.1) is 0 Å². The third-order valence-electron chi connectivity index (χ3n) is 3.81. The number of hydrogen-bond donors (Lipinski definition) is 1. The van der Waals surface area contributed by atoms with Crippen LogP contribution in [0.1, 0.15) is 19.4 Å². The average molecular weight is 263 g/mol. The number of methoxy groups -OCH3 is 1. The summed E-state index contributed by atoms with van der Waals surface area (Å²) in [5, 5.41) is 3.49. The number of benzene rings is 1. The molecule has 4 heteroatoms. The highest BCUT2D eigenvalue weighted by molar-refractivity contribution is 5.28. The summed E-state index contributed by atoms with van der Waals surface area (Å²) in [6.45, 7) is 4.83. The van der Waals surface area contributed by atoms with Gasteiger partial charge in [0.25, 0.3) is 0 Å². The SMILES string of the molecule is COc1ccc(C[C@H]2NC[C@H]3OC(C)(C)O[C@@H]23)cc1. The fourth-order valence-electron chi connectivity index (χ4n) is 2.95. The first-order chi connectivity index (χ1) is 9.07. The Balaban J connectivity index is 1.67. The Morgan fingerprint density at radius 2 is 2.00 bits per heavy atom. The first-order valence-electron chi connectivity index (χ1n) is 6.79. The fraction of sp³-hybridized carbons (Fsp3) is 0.600. The molecule has 0 amide bonds. The van der Waals surface area contributed by atoms with Gasteiger partial charge >= 0.3 is 0 Å². The van der Waals surface area contributed by atoms with Crippen LogP contribution in [0.4, 0.5) is 0 Å². The van der Waals surface area contributed by atoms with E-state index in [2.05, 4.69) is 17.4 Å². The molecule has 0 unspecified atom stereocenters. The zero-order valence-electron chi connectivity index (χ0n) is 11.7. The fourth-order valence-corrected chi connectivity index (χ4v) is 2.95. The number of hydrogen-bond acceptors (Lipinski definition) is 4. The molecule has 0 spiro atoms. The van der Waals surface area contributed by atoms with Crippen molar-refractivity contribution in [3.05, 3.63) is 29.8 Å². The van der Waals surface area contributed by atoms with Gasteiger partial charge in [0.15, 0.2) is 5.79 Å². The van der Waals surface area contributed by atoms with E-state index in [1.54, 1.807) is 7.11 Å². The minimum atomic E-state index is -0.449. The van der Waals surface area contributed by atoms with Crippen LogP contribution in [0.2, 0.25) is 0 Å². The highest BCUT2D eigenvalue weighted by atomic mass is 16.8. The summed E-state index contributed by atoms with van der Waals surface area (Å²) < 4.78 is 17.0. The van der Waals surface area contributed by atoms with Crippen LogP contribution in [0.5, 0.6) is 5.75 Å². The summed E-state index contributed by atoms with van der Waals surface area (Å²) >= 11 is 0. The minimum absolute atomic E-state index is 0.150. The van der Waals surface area contributed by atoms with Crippen LogP contribution in [-0.2, 0) is 15.9 Å². The smallest absolute Gasteiger partial charge is 0.163 e. The molecule has 0 bridgehead atoms. The van der Waals surface area contributed by atoms with Crippen molar-refractivity contribution >= 4 is 0 Å². The molecule has 0 aliphatic carbocycles. The lowest BCUT2D eigenvalue weighted by molar-refractivity contribution is -0.152. The van der Waals surface area contributed by atoms with E-state index >= 15 is 0 Å². The summed E-state index contributed by atoms with van der Waals surface area (Å²) in [5.74, 6) is 0.442. The number of fused-ring (bicyclic) bond motifs is 1. The van der Waals surface area contributed by atoms with Crippen LogP contribution in [0.25, 0.3) is 0 Å². The van der Waals surface area contributed by atoms with Gasteiger partial charge < -0.3 is 19.5 Å². The van der Waals surface area contributed by atoms with Crippen molar-refractivity contribution in [3.8, 4) is 5.75 Å². The van der Waals surface area contributed by atoms with Crippen LogP contribution in [0.3, 0.4) is 0 Å². The van der Waals surface area contributed by atoms with Crippen molar-refractivity contribution in [3.63, 3.8) is 0 Å². The Morgan fingerprint density at radius 3 is 2.68 bits per heavy atom. The molecule has 2 aliphatic heterocycles. The average Bonchev–Trinajstić information content (AvgIpc) is 2.87. The zero-order chi connectivity index (χ0) is 13.5. The molecule has 0 aromatic heterocycles. The van der Waals surface area contributed by atoms with E-state index in [1.807, 2.05) is 26.0 Å². The van der Waals surface area contributed by atoms with Crippen molar-refractivity contribution in [2.45, 2.75) is 44.3 Å². The van der Waals surface area contributed by atoms with Crippen molar-refractivity contribution in [1.82, 2.24) is 5.32 Å². The minimum Gasteiger partial charge on any atom is -0.497 e. The van der Waals surface area contributed by atoms with E-state index in [-0.39, 0.29) is 12.2 Å². The van der Waals surface area contributed by atoms with Crippen molar-refractivity contribution in [2.24, 2.45) is 0 Å². The largest absolute Gasteiger partial charge is 0.497 e. The lowest BCUT2D eigenvalue weighted by Crippen LogP contribution is -2.36. The number of ether oxygens (including phenoxy) is 3. The van der Waals surface area contributed by atoms with Gasteiger partial charge in [-0.2, -0.15) is 0 Å². The highest BCUT2D eigenvalue weighted by Crippen LogP contribution is 2.33. The lowest BCUT2D eigenvalue weighted by Gasteiger charge is -2.22. The van der Waals surface area contributed by atoms with Crippen molar-refractivity contribution in [2.75, 3.05) is 13.7 Å². The van der Waals surface area contributed by atoms with Gasteiger partial charge in [0.05, 0.1) is 7.11 Å². The molecule has 4 nitrogen and oxygen atoms in total. The molecular weight excluding hydrogens is 242 g/mol. The molecule has 2 heterocycles. The molecule has 3 atom stereocenters. The van der Waals surface area contributed by atoms with Crippen molar-refractivity contribution < 1.29 is 14.2 Å². The van der Waals surface area contributed by atoms with Gasteiger partial charge in [-0.15, -0.1) is 0 Å². The summed E-state index contributed by atoms with van der Waals surface area (Å²) in [6, 6.07) is 8.53. The Kier molecular flexibility index (Phi) is 3.25. The molecule has 1 aromatic rings. The Hall–Kier alpha value is -1.10. The summed E-state index contributed by atoms with van der Waals surface area (Å²) in [5.41, 5.74) is 1.28.